The van der Waals surface area contributed by atoms with E-state index in [-0.39, 0.29) is 11.5 Å². The van der Waals surface area contributed by atoms with Gasteiger partial charge < -0.3 is 10.0 Å². The van der Waals surface area contributed by atoms with Crippen molar-refractivity contribution >= 4 is 17.6 Å². The summed E-state index contributed by atoms with van der Waals surface area (Å²) < 4.78 is 0. The minimum absolute atomic E-state index is 0.0999. The molecule has 0 aromatic heterocycles. The standard InChI is InChI=1S/C21H25NO3/c1-6-21(3,4)20(25)22(5)18-16(8-7-9-17(18)19(23)24)15-12-10-14(2)11-13-15/h7-13H,6H2,1-5H3,(H,23,24). The van der Waals surface area contributed by atoms with Crippen molar-refractivity contribution in [2.75, 3.05) is 11.9 Å². The summed E-state index contributed by atoms with van der Waals surface area (Å²) in [4.78, 5) is 26.2. The second-order valence-electron chi connectivity index (χ2n) is 6.97. The zero-order chi connectivity index (χ0) is 18.8. The summed E-state index contributed by atoms with van der Waals surface area (Å²) in [5.74, 6) is -1.14. The number of amides is 1. The number of para-hydroxylation sites is 1. The third-order valence-corrected chi connectivity index (χ3v) is 4.73. The van der Waals surface area contributed by atoms with Crippen molar-refractivity contribution in [1.29, 1.82) is 0 Å². The van der Waals surface area contributed by atoms with E-state index >= 15 is 0 Å². The first-order valence-electron chi connectivity index (χ1n) is 8.40. The molecule has 0 aliphatic carbocycles. The van der Waals surface area contributed by atoms with Crippen LogP contribution in [0.25, 0.3) is 11.1 Å². The summed E-state index contributed by atoms with van der Waals surface area (Å²) in [6.45, 7) is 7.70. The van der Waals surface area contributed by atoms with Crippen molar-refractivity contribution in [3.8, 4) is 11.1 Å². The minimum Gasteiger partial charge on any atom is -0.478 e. The molecule has 0 radical (unpaired) electrons. The van der Waals surface area contributed by atoms with Crippen LogP contribution in [0.4, 0.5) is 5.69 Å². The van der Waals surface area contributed by atoms with Gasteiger partial charge in [0, 0.05) is 18.0 Å². The Kier molecular flexibility index (Phi) is 5.31. The Morgan fingerprint density at radius 3 is 2.20 bits per heavy atom. The minimum atomic E-state index is -1.04. The molecule has 1 amide bonds. The number of carboxylic acid groups (broad SMARTS) is 1. The van der Waals surface area contributed by atoms with Gasteiger partial charge in [-0.25, -0.2) is 4.79 Å². The number of carbonyl (C=O) groups is 2. The van der Waals surface area contributed by atoms with Crippen molar-refractivity contribution in [3.05, 3.63) is 53.6 Å². The highest BCUT2D eigenvalue weighted by molar-refractivity contribution is 6.07. The first kappa shape index (κ1) is 18.7. The van der Waals surface area contributed by atoms with Crippen molar-refractivity contribution in [2.24, 2.45) is 5.41 Å². The Balaban J connectivity index is 2.67. The molecule has 132 valence electrons. The highest BCUT2D eigenvalue weighted by Gasteiger charge is 2.32. The van der Waals surface area contributed by atoms with Gasteiger partial charge in [-0.3, -0.25) is 4.79 Å². The molecule has 0 bridgehead atoms. The molecule has 0 spiro atoms. The molecule has 0 saturated heterocycles. The lowest BCUT2D eigenvalue weighted by atomic mass is 9.87. The quantitative estimate of drug-likeness (QED) is 0.854. The van der Waals surface area contributed by atoms with Gasteiger partial charge in [0.15, 0.2) is 0 Å². The molecular formula is C21H25NO3. The van der Waals surface area contributed by atoms with Crippen LogP contribution in [-0.4, -0.2) is 24.0 Å². The summed E-state index contributed by atoms with van der Waals surface area (Å²) >= 11 is 0. The summed E-state index contributed by atoms with van der Waals surface area (Å²) in [6, 6.07) is 13.0. The third kappa shape index (κ3) is 3.73. The topological polar surface area (TPSA) is 57.6 Å². The number of hydrogen-bond acceptors (Lipinski definition) is 2. The fraction of sp³-hybridized carbons (Fsp3) is 0.333. The maximum Gasteiger partial charge on any atom is 0.337 e. The smallest absolute Gasteiger partial charge is 0.337 e. The Hall–Kier alpha value is -2.62. The molecule has 0 unspecified atom stereocenters. The van der Waals surface area contributed by atoms with Gasteiger partial charge in [-0.15, -0.1) is 0 Å². The zero-order valence-corrected chi connectivity index (χ0v) is 15.5. The van der Waals surface area contributed by atoms with Crippen LogP contribution in [0.3, 0.4) is 0 Å². The van der Waals surface area contributed by atoms with Gasteiger partial charge in [-0.1, -0.05) is 62.7 Å². The van der Waals surface area contributed by atoms with Gasteiger partial charge >= 0.3 is 5.97 Å². The van der Waals surface area contributed by atoms with Gasteiger partial charge in [0.2, 0.25) is 5.91 Å². The van der Waals surface area contributed by atoms with E-state index in [9.17, 15) is 14.7 Å². The zero-order valence-electron chi connectivity index (χ0n) is 15.5. The maximum atomic E-state index is 12.9. The number of rotatable bonds is 5. The van der Waals surface area contributed by atoms with Gasteiger partial charge in [0.05, 0.1) is 11.3 Å². The average molecular weight is 339 g/mol. The largest absolute Gasteiger partial charge is 0.478 e. The van der Waals surface area contributed by atoms with Crippen LogP contribution < -0.4 is 4.90 Å². The lowest BCUT2D eigenvalue weighted by Crippen LogP contribution is -2.39. The molecule has 1 N–H and O–H groups in total. The van der Waals surface area contributed by atoms with Crippen LogP contribution >= 0.6 is 0 Å². The van der Waals surface area contributed by atoms with Crippen LogP contribution in [0.15, 0.2) is 42.5 Å². The fourth-order valence-corrected chi connectivity index (χ4v) is 2.75. The monoisotopic (exact) mass is 339 g/mol. The maximum absolute atomic E-state index is 12.9. The third-order valence-electron chi connectivity index (χ3n) is 4.73. The van der Waals surface area contributed by atoms with Crippen LogP contribution in [0.1, 0.15) is 43.1 Å². The summed E-state index contributed by atoms with van der Waals surface area (Å²) in [6.07, 6.45) is 0.672. The van der Waals surface area contributed by atoms with Gasteiger partial charge in [-0.2, -0.15) is 0 Å². The molecule has 0 heterocycles. The molecule has 2 aromatic carbocycles. The molecule has 25 heavy (non-hydrogen) atoms. The van der Waals surface area contributed by atoms with E-state index in [1.165, 1.54) is 11.0 Å². The fourth-order valence-electron chi connectivity index (χ4n) is 2.75. The summed E-state index contributed by atoms with van der Waals surface area (Å²) in [5, 5.41) is 9.63. The first-order valence-corrected chi connectivity index (χ1v) is 8.40. The van der Waals surface area contributed by atoms with Gasteiger partial charge in [-0.05, 0) is 25.0 Å². The van der Waals surface area contributed by atoms with Crippen LogP contribution in [-0.2, 0) is 4.79 Å². The number of aryl methyl sites for hydroxylation is 1. The number of aromatic carboxylic acids is 1. The van der Waals surface area contributed by atoms with E-state index in [4.69, 9.17) is 0 Å². The molecular weight excluding hydrogens is 314 g/mol. The second kappa shape index (κ2) is 7.09. The molecule has 4 heteroatoms. The van der Waals surface area contributed by atoms with E-state index in [1.807, 2.05) is 58.0 Å². The summed E-state index contributed by atoms with van der Waals surface area (Å²) in [7, 11) is 1.65. The average Bonchev–Trinajstić information content (AvgIpc) is 2.60. The van der Waals surface area contributed by atoms with Gasteiger partial charge in [0.1, 0.15) is 0 Å². The number of anilines is 1. The first-order chi connectivity index (χ1) is 11.7. The van der Waals surface area contributed by atoms with E-state index in [2.05, 4.69) is 0 Å². The molecule has 0 aliphatic heterocycles. The normalized spacial score (nSPS) is 11.2. The summed E-state index contributed by atoms with van der Waals surface area (Å²) in [5.41, 5.74) is 2.74. The Labute approximate surface area is 149 Å². The number of benzene rings is 2. The Morgan fingerprint density at radius 2 is 1.68 bits per heavy atom. The number of carbonyl (C=O) groups excluding carboxylic acids is 1. The van der Waals surface area contributed by atoms with E-state index in [0.29, 0.717) is 12.1 Å². The lowest BCUT2D eigenvalue weighted by molar-refractivity contribution is -0.126. The Bertz CT molecular complexity index is 791. The molecule has 2 rings (SSSR count). The van der Waals surface area contributed by atoms with Gasteiger partial charge in [0.25, 0.3) is 0 Å². The highest BCUT2D eigenvalue weighted by Crippen LogP contribution is 2.36. The van der Waals surface area contributed by atoms with Crippen molar-refractivity contribution in [1.82, 2.24) is 0 Å². The Morgan fingerprint density at radius 1 is 1.08 bits per heavy atom. The number of carboxylic acids is 1. The second-order valence-corrected chi connectivity index (χ2v) is 6.97. The van der Waals surface area contributed by atoms with Crippen LogP contribution in [0, 0.1) is 12.3 Å². The SMILES string of the molecule is CCC(C)(C)C(=O)N(C)c1c(C(=O)O)cccc1-c1ccc(C)cc1. The number of hydrogen-bond donors (Lipinski definition) is 1. The molecule has 4 nitrogen and oxygen atoms in total. The molecule has 2 aromatic rings. The predicted octanol–water partition coefficient (Wildman–Crippen LogP) is 4.76. The van der Waals surface area contributed by atoms with Crippen LogP contribution in [0.2, 0.25) is 0 Å². The number of nitrogens with zero attached hydrogens (tertiary/aromatic N) is 1. The molecule has 0 atom stereocenters. The van der Waals surface area contributed by atoms with Crippen molar-refractivity contribution in [3.63, 3.8) is 0 Å². The predicted molar refractivity (Wildman–Crippen MR) is 101 cm³/mol. The van der Waals surface area contributed by atoms with Crippen molar-refractivity contribution < 1.29 is 14.7 Å². The van der Waals surface area contributed by atoms with E-state index < -0.39 is 11.4 Å². The van der Waals surface area contributed by atoms with Crippen molar-refractivity contribution in [2.45, 2.75) is 34.1 Å². The lowest BCUT2D eigenvalue weighted by Gasteiger charge is -2.30. The van der Waals surface area contributed by atoms with E-state index in [1.54, 1.807) is 13.1 Å². The molecule has 0 aliphatic rings. The molecule has 0 saturated carbocycles. The highest BCUT2D eigenvalue weighted by atomic mass is 16.4. The molecule has 0 fully saturated rings. The van der Waals surface area contributed by atoms with E-state index in [0.717, 1.165) is 16.7 Å². The van der Waals surface area contributed by atoms with Crippen LogP contribution in [0.5, 0.6) is 0 Å².